The first kappa shape index (κ1) is 15.9. The molecule has 0 aromatic heterocycles. The molecule has 0 atom stereocenters. The molecular weight excluding hydrogens is 313 g/mol. The van der Waals surface area contributed by atoms with Gasteiger partial charge in [0.15, 0.2) is 23.3 Å². The lowest BCUT2D eigenvalue weighted by molar-refractivity contribution is -0.133. The third-order valence-electron chi connectivity index (χ3n) is 3.20. The molecule has 0 unspecified atom stereocenters. The SMILES string of the molecule is O=C(O)C1=C(C(=O)Nc2c(F)c(F)c(F)c(F)c2F)CCC1. The van der Waals surface area contributed by atoms with E-state index in [0.717, 1.165) is 0 Å². The van der Waals surface area contributed by atoms with Gasteiger partial charge >= 0.3 is 5.97 Å². The van der Waals surface area contributed by atoms with E-state index < -0.39 is 46.6 Å². The van der Waals surface area contributed by atoms with Gasteiger partial charge in [0.25, 0.3) is 5.91 Å². The van der Waals surface area contributed by atoms with Gasteiger partial charge in [-0.05, 0) is 19.3 Å². The van der Waals surface area contributed by atoms with Gasteiger partial charge in [0.2, 0.25) is 5.82 Å². The number of hydrogen-bond donors (Lipinski definition) is 2. The number of carboxylic acids is 1. The molecule has 9 heteroatoms. The first-order valence-corrected chi connectivity index (χ1v) is 6.03. The fraction of sp³-hybridized carbons (Fsp3) is 0.231. The van der Waals surface area contributed by atoms with E-state index in [4.69, 9.17) is 5.11 Å². The lowest BCUT2D eigenvalue weighted by Gasteiger charge is -2.10. The van der Waals surface area contributed by atoms with Crippen molar-refractivity contribution in [2.75, 3.05) is 5.32 Å². The van der Waals surface area contributed by atoms with Crippen LogP contribution in [0.15, 0.2) is 11.1 Å². The second kappa shape index (κ2) is 5.74. The predicted molar refractivity (Wildman–Crippen MR) is 63.4 cm³/mol. The summed E-state index contributed by atoms with van der Waals surface area (Å²) in [6.45, 7) is 0. The predicted octanol–water partition coefficient (Wildman–Crippen LogP) is 2.89. The Morgan fingerprint density at radius 1 is 0.818 bits per heavy atom. The third kappa shape index (κ3) is 2.53. The summed E-state index contributed by atoms with van der Waals surface area (Å²) in [6, 6.07) is 0. The van der Waals surface area contributed by atoms with E-state index in [0.29, 0.717) is 6.42 Å². The van der Waals surface area contributed by atoms with Crippen molar-refractivity contribution in [1.82, 2.24) is 0 Å². The maximum absolute atomic E-state index is 13.4. The van der Waals surface area contributed by atoms with Crippen LogP contribution in [0.4, 0.5) is 27.6 Å². The van der Waals surface area contributed by atoms with Gasteiger partial charge in [-0.15, -0.1) is 0 Å². The molecule has 2 N–H and O–H groups in total. The molecule has 1 aliphatic rings. The zero-order chi connectivity index (χ0) is 16.6. The van der Waals surface area contributed by atoms with Crippen LogP contribution in [0.1, 0.15) is 19.3 Å². The largest absolute Gasteiger partial charge is 0.478 e. The number of rotatable bonds is 3. The Hall–Kier alpha value is -2.45. The van der Waals surface area contributed by atoms with Crippen LogP contribution in [-0.2, 0) is 9.59 Å². The number of hydrogen-bond acceptors (Lipinski definition) is 2. The van der Waals surface area contributed by atoms with E-state index in [1.165, 1.54) is 0 Å². The van der Waals surface area contributed by atoms with E-state index in [1.807, 2.05) is 0 Å². The number of halogens is 5. The van der Waals surface area contributed by atoms with Crippen LogP contribution >= 0.6 is 0 Å². The maximum Gasteiger partial charge on any atom is 0.332 e. The van der Waals surface area contributed by atoms with Gasteiger partial charge in [0.05, 0.1) is 0 Å². The van der Waals surface area contributed by atoms with E-state index in [-0.39, 0.29) is 24.0 Å². The molecule has 1 aromatic rings. The molecular formula is C13H8F5NO3. The highest BCUT2D eigenvalue weighted by Gasteiger charge is 2.30. The fourth-order valence-corrected chi connectivity index (χ4v) is 2.13. The lowest BCUT2D eigenvalue weighted by Crippen LogP contribution is -2.19. The molecule has 1 aliphatic carbocycles. The number of amides is 1. The van der Waals surface area contributed by atoms with E-state index in [2.05, 4.69) is 0 Å². The van der Waals surface area contributed by atoms with Crippen LogP contribution in [0.25, 0.3) is 0 Å². The quantitative estimate of drug-likeness (QED) is 0.511. The van der Waals surface area contributed by atoms with Crippen LogP contribution in [0, 0.1) is 29.1 Å². The topological polar surface area (TPSA) is 66.4 Å². The normalized spacial score (nSPS) is 14.4. The minimum atomic E-state index is -2.35. The Morgan fingerprint density at radius 3 is 1.77 bits per heavy atom. The molecule has 0 spiro atoms. The zero-order valence-corrected chi connectivity index (χ0v) is 10.8. The monoisotopic (exact) mass is 321 g/mol. The Morgan fingerprint density at radius 2 is 1.27 bits per heavy atom. The summed E-state index contributed by atoms with van der Waals surface area (Å²) >= 11 is 0. The number of nitrogens with one attached hydrogen (secondary N) is 1. The smallest absolute Gasteiger partial charge is 0.332 e. The summed E-state index contributed by atoms with van der Waals surface area (Å²) in [5, 5.41) is 10.4. The average Bonchev–Trinajstić information content (AvgIpc) is 2.97. The average molecular weight is 321 g/mol. The highest BCUT2D eigenvalue weighted by Crippen LogP contribution is 2.30. The highest BCUT2D eigenvalue weighted by atomic mass is 19.2. The van der Waals surface area contributed by atoms with E-state index in [1.54, 1.807) is 5.32 Å². The van der Waals surface area contributed by atoms with Gasteiger partial charge in [-0.2, -0.15) is 0 Å². The van der Waals surface area contributed by atoms with Gasteiger partial charge < -0.3 is 10.4 Å². The number of carbonyl (C=O) groups is 2. The highest BCUT2D eigenvalue weighted by molar-refractivity contribution is 6.09. The standard InChI is InChI=1S/C13H8F5NO3/c14-6-7(15)9(17)11(10(18)8(6)16)19-12(20)4-2-1-3-5(4)13(21)22/h1-3H2,(H,19,20)(H,21,22). The van der Waals surface area contributed by atoms with Crippen molar-refractivity contribution in [2.24, 2.45) is 0 Å². The fourth-order valence-electron chi connectivity index (χ4n) is 2.13. The molecule has 0 saturated carbocycles. The van der Waals surface area contributed by atoms with Crippen LogP contribution < -0.4 is 5.32 Å². The molecule has 0 saturated heterocycles. The summed E-state index contributed by atoms with van der Waals surface area (Å²) < 4.78 is 65.8. The summed E-state index contributed by atoms with van der Waals surface area (Å²) in [7, 11) is 0. The number of carboxylic acid groups (broad SMARTS) is 1. The van der Waals surface area contributed by atoms with Crippen molar-refractivity contribution in [3.8, 4) is 0 Å². The lowest BCUT2D eigenvalue weighted by atomic mass is 10.1. The minimum absolute atomic E-state index is 0.0306. The minimum Gasteiger partial charge on any atom is -0.478 e. The van der Waals surface area contributed by atoms with E-state index in [9.17, 15) is 31.5 Å². The first-order chi connectivity index (χ1) is 10.3. The molecule has 0 fully saturated rings. The number of anilines is 1. The maximum atomic E-state index is 13.4. The van der Waals surface area contributed by atoms with Gasteiger partial charge in [-0.3, -0.25) is 4.79 Å². The second-order valence-electron chi connectivity index (χ2n) is 4.51. The molecule has 22 heavy (non-hydrogen) atoms. The molecule has 0 bridgehead atoms. The van der Waals surface area contributed by atoms with Gasteiger partial charge in [-0.25, -0.2) is 26.7 Å². The molecule has 1 amide bonds. The van der Waals surface area contributed by atoms with Crippen LogP contribution in [0.5, 0.6) is 0 Å². The van der Waals surface area contributed by atoms with Crippen molar-refractivity contribution in [3.05, 3.63) is 40.2 Å². The van der Waals surface area contributed by atoms with Crippen molar-refractivity contribution < 1.29 is 36.6 Å². The molecule has 0 radical (unpaired) electrons. The molecule has 0 heterocycles. The van der Waals surface area contributed by atoms with Gasteiger partial charge in [0.1, 0.15) is 5.69 Å². The summed E-state index contributed by atoms with van der Waals surface area (Å²) in [5.74, 6) is -13.7. The molecule has 0 aliphatic heterocycles. The van der Waals surface area contributed by atoms with Crippen molar-refractivity contribution in [2.45, 2.75) is 19.3 Å². The Kier molecular flexibility index (Phi) is 4.16. The van der Waals surface area contributed by atoms with Crippen molar-refractivity contribution in [1.29, 1.82) is 0 Å². The Labute approximate surface area is 120 Å². The van der Waals surface area contributed by atoms with Crippen molar-refractivity contribution >= 4 is 17.6 Å². The van der Waals surface area contributed by atoms with Gasteiger partial charge in [-0.1, -0.05) is 0 Å². The summed E-state index contributed by atoms with van der Waals surface area (Å²) in [5.41, 5.74) is -2.01. The molecule has 2 rings (SSSR count). The second-order valence-corrected chi connectivity index (χ2v) is 4.51. The van der Waals surface area contributed by atoms with Crippen LogP contribution in [0.2, 0.25) is 0 Å². The van der Waals surface area contributed by atoms with Crippen LogP contribution in [0.3, 0.4) is 0 Å². The Balaban J connectivity index is 2.42. The molecule has 118 valence electrons. The third-order valence-corrected chi connectivity index (χ3v) is 3.20. The van der Waals surface area contributed by atoms with E-state index >= 15 is 0 Å². The van der Waals surface area contributed by atoms with Crippen molar-refractivity contribution in [3.63, 3.8) is 0 Å². The van der Waals surface area contributed by atoms with Gasteiger partial charge in [0, 0.05) is 11.1 Å². The zero-order valence-electron chi connectivity index (χ0n) is 10.8. The summed E-state index contributed by atoms with van der Waals surface area (Å²) in [4.78, 5) is 22.7. The van der Waals surface area contributed by atoms with Crippen LogP contribution in [-0.4, -0.2) is 17.0 Å². The molecule has 4 nitrogen and oxygen atoms in total. The number of benzene rings is 1. The Bertz CT molecular complexity index is 685. The number of carbonyl (C=O) groups excluding carboxylic acids is 1. The summed E-state index contributed by atoms with van der Waals surface area (Å²) in [6.07, 6.45) is 0.444. The number of aliphatic carboxylic acids is 1. The molecule has 1 aromatic carbocycles. The first-order valence-electron chi connectivity index (χ1n) is 6.03.